The molecule has 0 atom stereocenters. The summed E-state index contributed by atoms with van der Waals surface area (Å²) in [7, 11) is 0. The normalized spacial score (nSPS) is 10.7. The molecule has 0 aromatic carbocycles. The summed E-state index contributed by atoms with van der Waals surface area (Å²) in [5, 5.41) is 5.68. The molecule has 0 bridgehead atoms. The molecular weight excluding hydrogens is 214 g/mol. The van der Waals surface area contributed by atoms with Gasteiger partial charge in [-0.15, -0.1) is 11.3 Å². The van der Waals surface area contributed by atoms with Crippen LogP contribution in [0, 0.1) is 0 Å². The second-order valence-electron chi connectivity index (χ2n) is 2.86. The van der Waals surface area contributed by atoms with Gasteiger partial charge in [-0.2, -0.15) is 4.98 Å². The molecule has 0 radical (unpaired) electrons. The summed E-state index contributed by atoms with van der Waals surface area (Å²) >= 11 is 1.48. The van der Waals surface area contributed by atoms with Gasteiger partial charge in [0.15, 0.2) is 5.82 Å². The van der Waals surface area contributed by atoms with Crippen LogP contribution in [0.1, 0.15) is 12.7 Å². The fraction of sp³-hybridized carbons (Fsp3) is 0.333. The van der Waals surface area contributed by atoms with Crippen molar-refractivity contribution in [1.29, 1.82) is 0 Å². The van der Waals surface area contributed by atoms with Crippen LogP contribution in [0.25, 0.3) is 10.8 Å². The molecule has 2 aromatic heterocycles. The van der Waals surface area contributed by atoms with Gasteiger partial charge in [-0.1, -0.05) is 5.16 Å². The molecule has 0 amide bonds. The van der Waals surface area contributed by atoms with E-state index in [1.807, 2.05) is 18.4 Å². The number of thiophene rings is 1. The second kappa shape index (κ2) is 4.41. The molecule has 0 saturated carbocycles. The Balaban J connectivity index is 2.17. The van der Waals surface area contributed by atoms with Crippen LogP contribution in [0.2, 0.25) is 0 Å². The number of aromatic nitrogens is 2. The van der Waals surface area contributed by atoms with E-state index < -0.39 is 0 Å². The third-order valence-corrected chi connectivity index (χ3v) is 2.71. The van der Waals surface area contributed by atoms with Crippen LogP contribution in [0.5, 0.6) is 0 Å². The molecule has 0 fully saturated rings. The summed E-state index contributed by atoms with van der Waals surface area (Å²) in [5.41, 5.74) is 6.39. The SMILES string of the molecule is CCOCc1noc(-c2sccc2N)n1. The zero-order valence-electron chi connectivity index (χ0n) is 8.27. The largest absolute Gasteiger partial charge is 0.397 e. The van der Waals surface area contributed by atoms with Gasteiger partial charge in [-0.25, -0.2) is 0 Å². The van der Waals surface area contributed by atoms with E-state index in [9.17, 15) is 0 Å². The minimum absolute atomic E-state index is 0.366. The molecule has 0 saturated heterocycles. The average Bonchev–Trinajstić information content (AvgIpc) is 2.83. The number of hydrogen-bond acceptors (Lipinski definition) is 6. The lowest BCUT2D eigenvalue weighted by Crippen LogP contribution is -1.93. The smallest absolute Gasteiger partial charge is 0.270 e. The van der Waals surface area contributed by atoms with Gasteiger partial charge in [0.05, 0.1) is 5.69 Å². The minimum Gasteiger partial charge on any atom is -0.397 e. The first-order chi connectivity index (χ1) is 7.31. The van der Waals surface area contributed by atoms with E-state index in [0.29, 0.717) is 30.6 Å². The fourth-order valence-electron chi connectivity index (χ4n) is 1.09. The summed E-state index contributed by atoms with van der Waals surface area (Å²) in [4.78, 5) is 4.99. The quantitative estimate of drug-likeness (QED) is 0.860. The van der Waals surface area contributed by atoms with Crippen LogP contribution in [0.15, 0.2) is 16.0 Å². The first-order valence-electron chi connectivity index (χ1n) is 4.55. The first-order valence-corrected chi connectivity index (χ1v) is 5.43. The van der Waals surface area contributed by atoms with Crippen LogP contribution in [-0.4, -0.2) is 16.7 Å². The Morgan fingerprint density at radius 3 is 3.13 bits per heavy atom. The molecular formula is C9H11N3O2S. The molecule has 0 spiro atoms. The first kappa shape index (κ1) is 10.1. The molecule has 2 rings (SSSR count). The van der Waals surface area contributed by atoms with Gasteiger partial charge >= 0.3 is 0 Å². The Kier molecular flexibility index (Phi) is 2.98. The lowest BCUT2D eigenvalue weighted by molar-refractivity contribution is 0.126. The summed E-state index contributed by atoms with van der Waals surface area (Å²) in [6.07, 6.45) is 0. The molecule has 0 aliphatic heterocycles. The van der Waals surface area contributed by atoms with Crippen molar-refractivity contribution in [2.24, 2.45) is 0 Å². The van der Waals surface area contributed by atoms with Crippen molar-refractivity contribution in [3.05, 3.63) is 17.3 Å². The number of nitrogens with two attached hydrogens (primary N) is 1. The van der Waals surface area contributed by atoms with Crippen LogP contribution >= 0.6 is 11.3 Å². The molecule has 15 heavy (non-hydrogen) atoms. The van der Waals surface area contributed by atoms with Gasteiger partial charge in [0, 0.05) is 6.61 Å². The summed E-state index contributed by atoms with van der Waals surface area (Å²) < 4.78 is 10.2. The van der Waals surface area contributed by atoms with Crippen molar-refractivity contribution >= 4 is 17.0 Å². The van der Waals surface area contributed by atoms with Gasteiger partial charge < -0.3 is 15.0 Å². The standard InChI is InChI=1S/C9H11N3O2S/c1-2-13-5-7-11-9(14-12-7)8-6(10)3-4-15-8/h3-4H,2,5,10H2,1H3. The van der Waals surface area contributed by atoms with Crippen molar-refractivity contribution in [2.45, 2.75) is 13.5 Å². The van der Waals surface area contributed by atoms with Gasteiger partial charge in [0.2, 0.25) is 0 Å². The Hall–Kier alpha value is -1.40. The monoisotopic (exact) mass is 225 g/mol. The zero-order chi connectivity index (χ0) is 10.7. The number of rotatable bonds is 4. The van der Waals surface area contributed by atoms with Crippen molar-refractivity contribution in [3.63, 3.8) is 0 Å². The van der Waals surface area contributed by atoms with E-state index in [4.69, 9.17) is 15.0 Å². The van der Waals surface area contributed by atoms with Crippen LogP contribution < -0.4 is 5.73 Å². The van der Waals surface area contributed by atoms with E-state index in [2.05, 4.69) is 10.1 Å². The van der Waals surface area contributed by atoms with E-state index in [1.54, 1.807) is 0 Å². The van der Waals surface area contributed by atoms with E-state index in [-0.39, 0.29) is 0 Å². The van der Waals surface area contributed by atoms with Gasteiger partial charge in [-0.05, 0) is 18.4 Å². The third-order valence-electron chi connectivity index (χ3n) is 1.79. The molecule has 0 unspecified atom stereocenters. The summed E-state index contributed by atoms with van der Waals surface area (Å²) in [5.74, 6) is 0.997. The Morgan fingerprint density at radius 2 is 2.47 bits per heavy atom. The molecule has 2 N–H and O–H groups in total. The highest BCUT2D eigenvalue weighted by atomic mass is 32.1. The predicted molar refractivity (Wildman–Crippen MR) is 57.4 cm³/mol. The second-order valence-corrected chi connectivity index (χ2v) is 3.77. The highest BCUT2D eigenvalue weighted by Crippen LogP contribution is 2.29. The molecule has 2 aromatic rings. The zero-order valence-corrected chi connectivity index (χ0v) is 9.08. The highest BCUT2D eigenvalue weighted by Gasteiger charge is 2.12. The topological polar surface area (TPSA) is 74.2 Å². The predicted octanol–water partition coefficient (Wildman–Crippen LogP) is 1.92. The molecule has 6 heteroatoms. The lowest BCUT2D eigenvalue weighted by atomic mass is 10.4. The summed E-state index contributed by atoms with van der Waals surface area (Å²) in [6, 6.07) is 1.81. The molecule has 0 aliphatic carbocycles. The van der Waals surface area contributed by atoms with Crippen LogP contribution in [0.3, 0.4) is 0 Å². The number of ether oxygens (including phenoxy) is 1. The van der Waals surface area contributed by atoms with E-state index >= 15 is 0 Å². The Morgan fingerprint density at radius 1 is 1.60 bits per heavy atom. The van der Waals surface area contributed by atoms with E-state index in [1.165, 1.54) is 11.3 Å². The van der Waals surface area contributed by atoms with Gasteiger partial charge in [0.1, 0.15) is 11.5 Å². The van der Waals surface area contributed by atoms with Crippen molar-refractivity contribution in [1.82, 2.24) is 10.1 Å². The van der Waals surface area contributed by atoms with Crippen molar-refractivity contribution < 1.29 is 9.26 Å². The van der Waals surface area contributed by atoms with Gasteiger partial charge in [-0.3, -0.25) is 0 Å². The minimum atomic E-state index is 0.366. The van der Waals surface area contributed by atoms with E-state index in [0.717, 1.165) is 4.88 Å². The molecule has 5 nitrogen and oxygen atoms in total. The number of hydrogen-bond donors (Lipinski definition) is 1. The molecule has 2 heterocycles. The number of nitrogens with zero attached hydrogens (tertiary/aromatic N) is 2. The fourth-order valence-corrected chi connectivity index (χ4v) is 1.83. The van der Waals surface area contributed by atoms with Crippen LogP contribution in [-0.2, 0) is 11.3 Å². The Bertz CT molecular complexity index is 438. The lowest BCUT2D eigenvalue weighted by Gasteiger charge is -1.92. The maximum atomic E-state index is 5.73. The molecule has 80 valence electrons. The van der Waals surface area contributed by atoms with Crippen LogP contribution in [0.4, 0.5) is 5.69 Å². The Labute approximate surface area is 90.9 Å². The third kappa shape index (κ3) is 2.16. The van der Waals surface area contributed by atoms with Gasteiger partial charge in [0.25, 0.3) is 5.89 Å². The maximum absolute atomic E-state index is 5.73. The number of anilines is 1. The van der Waals surface area contributed by atoms with Crippen molar-refractivity contribution in [3.8, 4) is 10.8 Å². The molecule has 0 aliphatic rings. The summed E-state index contributed by atoms with van der Waals surface area (Å²) in [6.45, 7) is 2.91. The van der Waals surface area contributed by atoms with Crippen molar-refractivity contribution in [2.75, 3.05) is 12.3 Å². The maximum Gasteiger partial charge on any atom is 0.270 e. The highest BCUT2D eigenvalue weighted by molar-refractivity contribution is 7.14. The average molecular weight is 225 g/mol. The number of nitrogen functional groups attached to an aromatic ring is 1.